The number of nitrogens with two attached hydrogens (primary N) is 1. The van der Waals surface area contributed by atoms with E-state index < -0.39 is 11.5 Å². The van der Waals surface area contributed by atoms with Crippen LogP contribution >= 0.6 is 0 Å². The number of hydrogen-bond donors (Lipinski definition) is 2. The number of hydrogen-bond acceptors (Lipinski definition) is 5. The van der Waals surface area contributed by atoms with Gasteiger partial charge in [-0.05, 0) is 25.0 Å². The summed E-state index contributed by atoms with van der Waals surface area (Å²) in [5, 5.41) is 2.83. The van der Waals surface area contributed by atoms with Crippen LogP contribution in [0.15, 0.2) is 24.3 Å². The predicted molar refractivity (Wildman–Crippen MR) is 82.6 cm³/mol. The number of ether oxygens (including phenoxy) is 2. The molecule has 1 aromatic carbocycles. The Morgan fingerprint density at radius 2 is 2.00 bits per heavy atom. The van der Waals surface area contributed by atoms with Gasteiger partial charge in [-0.15, -0.1) is 0 Å². The van der Waals surface area contributed by atoms with Gasteiger partial charge in [-0.1, -0.05) is 25.3 Å². The number of esters is 1. The lowest BCUT2D eigenvalue weighted by Gasteiger charge is -2.31. The molecule has 120 valence electrons. The molecule has 0 aliphatic heterocycles. The number of nitrogens with one attached hydrogen (secondary N) is 1. The van der Waals surface area contributed by atoms with Crippen LogP contribution in [0.25, 0.3) is 0 Å². The van der Waals surface area contributed by atoms with Crippen molar-refractivity contribution in [3.63, 3.8) is 0 Å². The van der Waals surface area contributed by atoms with E-state index >= 15 is 0 Å². The van der Waals surface area contributed by atoms with Gasteiger partial charge in [0.25, 0.3) is 0 Å². The third-order valence-corrected chi connectivity index (χ3v) is 3.87. The van der Waals surface area contributed by atoms with Crippen molar-refractivity contribution >= 4 is 17.6 Å². The molecule has 3 N–H and O–H groups in total. The van der Waals surface area contributed by atoms with E-state index in [-0.39, 0.29) is 12.5 Å². The fourth-order valence-corrected chi connectivity index (χ4v) is 2.53. The van der Waals surface area contributed by atoms with Crippen LogP contribution in [-0.2, 0) is 14.3 Å². The first-order valence-corrected chi connectivity index (χ1v) is 7.43. The highest BCUT2D eigenvalue weighted by atomic mass is 16.6. The topological polar surface area (TPSA) is 90.6 Å². The van der Waals surface area contributed by atoms with E-state index in [0.717, 1.165) is 19.3 Å². The molecule has 22 heavy (non-hydrogen) atoms. The normalized spacial score (nSPS) is 16.6. The number of carbonyl (C=O) groups is 2. The zero-order chi connectivity index (χ0) is 16.0. The average molecular weight is 306 g/mol. The van der Waals surface area contributed by atoms with Crippen molar-refractivity contribution < 1.29 is 19.1 Å². The second-order valence-corrected chi connectivity index (χ2v) is 5.56. The first-order valence-electron chi connectivity index (χ1n) is 7.43. The molecular formula is C16H22N2O4. The standard InChI is InChI=1S/C16H22N2O4/c1-21-14(19)11-22-13-7-5-6-12(10-13)18-15(20)16(17)8-3-2-4-9-16/h5-7,10H,2-4,8-9,11,17H2,1H3,(H,18,20). The molecule has 2 rings (SSSR count). The lowest BCUT2D eigenvalue weighted by Crippen LogP contribution is -2.52. The molecule has 1 amide bonds. The summed E-state index contributed by atoms with van der Waals surface area (Å²) in [7, 11) is 1.30. The van der Waals surface area contributed by atoms with Crippen LogP contribution in [0.3, 0.4) is 0 Å². The second kappa shape index (κ2) is 7.26. The monoisotopic (exact) mass is 306 g/mol. The van der Waals surface area contributed by atoms with Crippen molar-refractivity contribution in [3.8, 4) is 5.75 Å². The summed E-state index contributed by atoms with van der Waals surface area (Å²) in [6.45, 7) is -0.172. The Morgan fingerprint density at radius 1 is 1.27 bits per heavy atom. The number of methoxy groups -OCH3 is 1. The minimum atomic E-state index is -0.791. The maximum Gasteiger partial charge on any atom is 0.343 e. The van der Waals surface area contributed by atoms with Crippen LogP contribution in [-0.4, -0.2) is 31.1 Å². The first kappa shape index (κ1) is 16.3. The highest BCUT2D eigenvalue weighted by Crippen LogP contribution is 2.27. The SMILES string of the molecule is COC(=O)COc1cccc(NC(=O)C2(N)CCCCC2)c1. The smallest absolute Gasteiger partial charge is 0.343 e. The van der Waals surface area contributed by atoms with E-state index in [1.807, 2.05) is 0 Å². The fourth-order valence-electron chi connectivity index (χ4n) is 2.53. The Kier molecular flexibility index (Phi) is 5.38. The maximum atomic E-state index is 12.4. The van der Waals surface area contributed by atoms with Gasteiger partial charge in [-0.3, -0.25) is 4.79 Å². The van der Waals surface area contributed by atoms with E-state index in [0.29, 0.717) is 24.3 Å². The summed E-state index contributed by atoms with van der Waals surface area (Å²) in [6, 6.07) is 6.87. The third kappa shape index (κ3) is 4.21. The predicted octanol–water partition coefficient (Wildman–Crippen LogP) is 1.84. The second-order valence-electron chi connectivity index (χ2n) is 5.56. The van der Waals surface area contributed by atoms with Crippen LogP contribution in [0.5, 0.6) is 5.75 Å². The zero-order valence-corrected chi connectivity index (χ0v) is 12.8. The highest BCUT2D eigenvalue weighted by Gasteiger charge is 2.35. The van der Waals surface area contributed by atoms with Gasteiger partial charge in [0, 0.05) is 11.8 Å². The third-order valence-electron chi connectivity index (χ3n) is 3.87. The molecule has 6 heteroatoms. The average Bonchev–Trinajstić information content (AvgIpc) is 2.53. The van der Waals surface area contributed by atoms with Crippen molar-refractivity contribution in [1.29, 1.82) is 0 Å². The molecule has 1 aliphatic rings. The molecule has 6 nitrogen and oxygen atoms in total. The summed E-state index contributed by atoms with van der Waals surface area (Å²) in [5.41, 5.74) is 6.01. The van der Waals surface area contributed by atoms with Crippen molar-refractivity contribution in [2.24, 2.45) is 5.73 Å². The summed E-state index contributed by atoms with van der Waals surface area (Å²) >= 11 is 0. The lowest BCUT2D eigenvalue weighted by atomic mass is 9.82. The fraction of sp³-hybridized carbons (Fsp3) is 0.500. The van der Waals surface area contributed by atoms with E-state index in [4.69, 9.17) is 10.5 Å². The van der Waals surface area contributed by atoms with Crippen molar-refractivity contribution in [2.75, 3.05) is 19.0 Å². The van der Waals surface area contributed by atoms with Crippen molar-refractivity contribution in [3.05, 3.63) is 24.3 Å². The molecule has 0 spiro atoms. The molecule has 0 radical (unpaired) electrons. The Hall–Kier alpha value is -2.08. The van der Waals surface area contributed by atoms with Gasteiger partial charge in [0.2, 0.25) is 5.91 Å². The lowest BCUT2D eigenvalue weighted by molar-refractivity contribution is -0.142. The quantitative estimate of drug-likeness (QED) is 0.810. The number of amides is 1. The molecule has 1 saturated carbocycles. The molecule has 0 heterocycles. The Morgan fingerprint density at radius 3 is 2.68 bits per heavy atom. The number of rotatable bonds is 5. The van der Waals surface area contributed by atoms with Gasteiger partial charge >= 0.3 is 5.97 Å². The number of carbonyl (C=O) groups excluding carboxylic acids is 2. The summed E-state index contributed by atoms with van der Waals surface area (Å²) in [5.74, 6) is -0.146. The van der Waals surface area contributed by atoms with Crippen LogP contribution in [0.1, 0.15) is 32.1 Å². The highest BCUT2D eigenvalue weighted by molar-refractivity contribution is 5.98. The molecule has 1 aromatic rings. The van der Waals surface area contributed by atoms with Gasteiger partial charge in [-0.25, -0.2) is 4.79 Å². The molecular weight excluding hydrogens is 284 g/mol. The number of anilines is 1. The van der Waals surface area contributed by atoms with Gasteiger partial charge in [0.1, 0.15) is 5.75 Å². The molecule has 1 fully saturated rings. The van der Waals surface area contributed by atoms with E-state index in [1.54, 1.807) is 24.3 Å². The van der Waals surface area contributed by atoms with Gasteiger partial charge < -0.3 is 20.5 Å². The maximum absolute atomic E-state index is 12.4. The molecule has 1 aliphatic carbocycles. The molecule has 0 atom stereocenters. The van der Waals surface area contributed by atoms with Crippen molar-refractivity contribution in [1.82, 2.24) is 0 Å². The molecule has 0 bridgehead atoms. The van der Waals surface area contributed by atoms with Crippen LogP contribution < -0.4 is 15.8 Å². The van der Waals surface area contributed by atoms with E-state index in [2.05, 4.69) is 10.1 Å². The Balaban J connectivity index is 1.97. The largest absolute Gasteiger partial charge is 0.482 e. The van der Waals surface area contributed by atoms with Gasteiger partial charge in [0.05, 0.1) is 12.6 Å². The molecule has 0 saturated heterocycles. The summed E-state index contributed by atoms with van der Waals surface area (Å²) in [6.07, 6.45) is 4.50. The van der Waals surface area contributed by atoms with E-state index in [1.165, 1.54) is 7.11 Å². The van der Waals surface area contributed by atoms with Crippen LogP contribution in [0, 0.1) is 0 Å². The molecule has 0 unspecified atom stereocenters. The molecule has 0 aromatic heterocycles. The summed E-state index contributed by atoms with van der Waals surface area (Å²) in [4.78, 5) is 23.4. The minimum Gasteiger partial charge on any atom is -0.482 e. The van der Waals surface area contributed by atoms with E-state index in [9.17, 15) is 9.59 Å². The van der Waals surface area contributed by atoms with Crippen molar-refractivity contribution in [2.45, 2.75) is 37.6 Å². The first-order chi connectivity index (χ1) is 10.5. The minimum absolute atomic E-state index is 0.169. The Labute approximate surface area is 130 Å². The Bertz CT molecular complexity index is 539. The van der Waals surface area contributed by atoms with Crippen LogP contribution in [0.4, 0.5) is 5.69 Å². The van der Waals surface area contributed by atoms with Crippen LogP contribution in [0.2, 0.25) is 0 Å². The zero-order valence-electron chi connectivity index (χ0n) is 12.8. The van der Waals surface area contributed by atoms with Gasteiger partial charge in [0.15, 0.2) is 6.61 Å². The van der Waals surface area contributed by atoms with Gasteiger partial charge in [-0.2, -0.15) is 0 Å². The summed E-state index contributed by atoms with van der Waals surface area (Å²) < 4.78 is 9.80. The number of benzene rings is 1.